The molecule has 1 aliphatic heterocycles. The van der Waals surface area contributed by atoms with E-state index in [2.05, 4.69) is 5.16 Å². The maximum Gasteiger partial charge on any atom is 0.329 e. The summed E-state index contributed by atoms with van der Waals surface area (Å²) in [5.74, 6) is -0.723. The predicted octanol–water partition coefficient (Wildman–Crippen LogP) is 2.19. The van der Waals surface area contributed by atoms with Crippen molar-refractivity contribution in [3.63, 3.8) is 0 Å². The molecule has 1 N–H and O–H groups in total. The number of hydrogen-bond donors (Lipinski definition) is 1. The maximum absolute atomic E-state index is 12.7. The van der Waals surface area contributed by atoms with Gasteiger partial charge in [0.25, 0.3) is 5.91 Å². The summed E-state index contributed by atoms with van der Waals surface area (Å²) in [5, 5.41) is 13.3. The van der Waals surface area contributed by atoms with Gasteiger partial charge in [-0.25, -0.2) is 4.79 Å². The largest absolute Gasteiger partial charge is 0.480 e. The first-order valence-corrected chi connectivity index (χ1v) is 6.80. The molecule has 1 saturated heterocycles. The zero-order valence-corrected chi connectivity index (χ0v) is 12.3. The van der Waals surface area contributed by atoms with Gasteiger partial charge in [0.15, 0.2) is 5.76 Å². The van der Waals surface area contributed by atoms with Gasteiger partial charge in [0.2, 0.25) is 0 Å². The highest BCUT2D eigenvalue weighted by molar-refractivity contribution is 5.99. The van der Waals surface area contributed by atoms with Gasteiger partial charge in [0.05, 0.1) is 5.69 Å². The van der Waals surface area contributed by atoms with Crippen LogP contribution in [0.1, 0.15) is 61.3 Å². The molecule has 1 fully saturated rings. The lowest BCUT2D eigenvalue weighted by molar-refractivity contribution is -0.147. The van der Waals surface area contributed by atoms with Gasteiger partial charge in [-0.05, 0) is 26.7 Å². The van der Waals surface area contributed by atoms with Crippen molar-refractivity contribution in [1.29, 1.82) is 0 Å². The van der Waals surface area contributed by atoms with E-state index in [1.807, 2.05) is 13.8 Å². The van der Waals surface area contributed by atoms with Gasteiger partial charge in [-0.3, -0.25) is 4.79 Å². The van der Waals surface area contributed by atoms with Crippen molar-refractivity contribution in [2.75, 3.05) is 6.54 Å². The summed E-state index contributed by atoms with van der Waals surface area (Å²) in [6.07, 6.45) is 1.16. The number of hydrogen-bond acceptors (Lipinski definition) is 4. The molecule has 1 aliphatic rings. The van der Waals surface area contributed by atoms with Gasteiger partial charge in [-0.2, -0.15) is 0 Å². The minimum atomic E-state index is -1.14. The highest BCUT2D eigenvalue weighted by Gasteiger charge is 2.47. The second-order valence-electron chi connectivity index (χ2n) is 5.80. The van der Waals surface area contributed by atoms with E-state index in [4.69, 9.17) is 4.52 Å². The van der Waals surface area contributed by atoms with Crippen molar-refractivity contribution < 1.29 is 19.2 Å². The molecule has 110 valence electrons. The fourth-order valence-corrected chi connectivity index (χ4v) is 2.69. The summed E-state index contributed by atoms with van der Waals surface area (Å²) in [4.78, 5) is 25.6. The minimum Gasteiger partial charge on any atom is -0.480 e. The van der Waals surface area contributed by atoms with E-state index in [9.17, 15) is 14.7 Å². The predicted molar refractivity (Wildman–Crippen MR) is 71.6 cm³/mol. The van der Waals surface area contributed by atoms with Crippen molar-refractivity contribution in [2.45, 2.75) is 52.0 Å². The third kappa shape index (κ3) is 2.09. The number of aromatic nitrogens is 1. The summed E-state index contributed by atoms with van der Waals surface area (Å²) in [6.45, 7) is 7.58. The van der Waals surface area contributed by atoms with Crippen molar-refractivity contribution >= 4 is 11.9 Å². The summed E-state index contributed by atoms with van der Waals surface area (Å²) < 4.78 is 5.22. The van der Waals surface area contributed by atoms with Crippen LogP contribution in [0.2, 0.25) is 0 Å². The summed E-state index contributed by atoms with van der Waals surface area (Å²) in [6, 6.07) is 0. The standard InChI is InChI=1S/C14H20N2O4/c1-8(2)11-10(9(3)15-20-11)12(17)16-7-5-6-14(16,4)13(18)19/h8H,5-7H2,1-4H3,(H,18,19). The van der Waals surface area contributed by atoms with Crippen LogP contribution in [0.3, 0.4) is 0 Å². The lowest BCUT2D eigenvalue weighted by atomic mass is 9.97. The lowest BCUT2D eigenvalue weighted by Gasteiger charge is -2.31. The molecule has 1 atom stereocenters. The average molecular weight is 280 g/mol. The van der Waals surface area contributed by atoms with E-state index < -0.39 is 11.5 Å². The number of carboxylic acids is 1. The first-order chi connectivity index (χ1) is 9.29. The molecule has 0 aliphatic carbocycles. The van der Waals surface area contributed by atoms with Gasteiger partial charge in [-0.15, -0.1) is 0 Å². The Balaban J connectivity index is 2.42. The van der Waals surface area contributed by atoms with Crippen molar-refractivity contribution in [3.8, 4) is 0 Å². The highest BCUT2D eigenvalue weighted by atomic mass is 16.5. The zero-order chi connectivity index (χ0) is 15.1. The fraction of sp³-hybridized carbons (Fsp3) is 0.643. The van der Waals surface area contributed by atoms with Gasteiger partial charge >= 0.3 is 5.97 Å². The van der Waals surface area contributed by atoms with Crippen LogP contribution < -0.4 is 0 Å². The lowest BCUT2D eigenvalue weighted by Crippen LogP contribution is -2.51. The van der Waals surface area contributed by atoms with Crippen LogP contribution in [0, 0.1) is 6.92 Å². The molecule has 1 unspecified atom stereocenters. The number of carbonyl (C=O) groups is 2. The Kier molecular flexibility index (Phi) is 3.58. The first-order valence-electron chi connectivity index (χ1n) is 6.80. The first kappa shape index (κ1) is 14.6. The molecule has 0 saturated carbocycles. The van der Waals surface area contributed by atoms with Gasteiger partial charge in [-0.1, -0.05) is 19.0 Å². The van der Waals surface area contributed by atoms with Crippen molar-refractivity contribution in [2.24, 2.45) is 0 Å². The molecule has 0 radical (unpaired) electrons. The molecule has 0 bridgehead atoms. The molecule has 0 spiro atoms. The Morgan fingerprint density at radius 1 is 1.45 bits per heavy atom. The zero-order valence-electron chi connectivity index (χ0n) is 12.3. The van der Waals surface area contributed by atoms with Gasteiger partial charge in [0, 0.05) is 12.5 Å². The van der Waals surface area contributed by atoms with Crippen molar-refractivity contribution in [1.82, 2.24) is 10.1 Å². The fourth-order valence-electron chi connectivity index (χ4n) is 2.69. The van der Waals surface area contributed by atoms with Crippen molar-refractivity contribution in [3.05, 3.63) is 17.0 Å². The normalized spacial score (nSPS) is 22.6. The van der Waals surface area contributed by atoms with Gasteiger partial charge < -0.3 is 14.5 Å². The van der Waals surface area contributed by atoms with Crippen LogP contribution in [0.5, 0.6) is 0 Å². The topological polar surface area (TPSA) is 83.6 Å². The Hall–Kier alpha value is -1.85. The Morgan fingerprint density at radius 2 is 2.10 bits per heavy atom. The SMILES string of the molecule is Cc1noc(C(C)C)c1C(=O)N1CCCC1(C)C(=O)O. The maximum atomic E-state index is 12.7. The molecule has 2 heterocycles. The van der Waals surface area contributed by atoms with Crippen LogP contribution in [0.4, 0.5) is 0 Å². The van der Waals surface area contributed by atoms with Crippen LogP contribution in [-0.4, -0.2) is 39.1 Å². The third-order valence-electron chi connectivity index (χ3n) is 3.97. The number of carboxylic acid groups (broad SMARTS) is 1. The second kappa shape index (κ2) is 4.92. The molecule has 6 heteroatoms. The molecule has 6 nitrogen and oxygen atoms in total. The molecule has 1 amide bonds. The molecular weight excluding hydrogens is 260 g/mol. The van der Waals surface area contributed by atoms with Crippen LogP contribution in [-0.2, 0) is 4.79 Å². The third-order valence-corrected chi connectivity index (χ3v) is 3.97. The van der Waals surface area contributed by atoms with Gasteiger partial charge in [0.1, 0.15) is 11.1 Å². The number of carbonyl (C=O) groups excluding carboxylic acids is 1. The van der Waals surface area contributed by atoms with Crippen LogP contribution in [0.15, 0.2) is 4.52 Å². The van der Waals surface area contributed by atoms with Crippen LogP contribution in [0.25, 0.3) is 0 Å². The Bertz CT molecular complexity index is 549. The smallest absolute Gasteiger partial charge is 0.329 e. The van der Waals surface area contributed by atoms with E-state index in [1.54, 1.807) is 13.8 Å². The van der Waals surface area contributed by atoms with E-state index in [-0.39, 0.29) is 11.8 Å². The Morgan fingerprint density at radius 3 is 2.65 bits per heavy atom. The number of likely N-dealkylation sites (tertiary alicyclic amines) is 1. The minimum absolute atomic E-state index is 0.0221. The molecule has 20 heavy (non-hydrogen) atoms. The van der Waals surface area contributed by atoms with E-state index >= 15 is 0 Å². The van der Waals surface area contributed by atoms with E-state index in [0.29, 0.717) is 36.4 Å². The molecule has 2 rings (SSSR count). The highest BCUT2D eigenvalue weighted by Crippen LogP contribution is 2.33. The second-order valence-corrected chi connectivity index (χ2v) is 5.80. The summed E-state index contributed by atoms with van der Waals surface area (Å²) in [5.41, 5.74) is -0.220. The molecule has 1 aromatic heterocycles. The van der Waals surface area contributed by atoms with Crippen LogP contribution >= 0.6 is 0 Å². The quantitative estimate of drug-likeness (QED) is 0.917. The Labute approximate surface area is 117 Å². The van der Waals surface area contributed by atoms with E-state index in [1.165, 1.54) is 4.90 Å². The number of rotatable bonds is 3. The van der Waals surface area contributed by atoms with E-state index in [0.717, 1.165) is 0 Å². The number of amides is 1. The molecular formula is C14H20N2O4. The monoisotopic (exact) mass is 280 g/mol. The number of aliphatic carboxylic acids is 1. The molecule has 0 aromatic carbocycles. The number of nitrogens with zero attached hydrogens (tertiary/aromatic N) is 2. The average Bonchev–Trinajstić information content (AvgIpc) is 2.93. The summed E-state index contributed by atoms with van der Waals surface area (Å²) >= 11 is 0. The molecule has 1 aromatic rings. The number of aryl methyl sites for hydroxylation is 1. The summed E-state index contributed by atoms with van der Waals surface area (Å²) in [7, 11) is 0.